The second-order valence-electron chi connectivity index (χ2n) is 4.23. The van der Waals surface area contributed by atoms with Gasteiger partial charge in [-0.05, 0) is 20.3 Å². The molecule has 1 heterocycles. The van der Waals surface area contributed by atoms with Crippen LogP contribution in [0.4, 0.5) is 5.82 Å². The minimum atomic E-state index is -3.58. The van der Waals surface area contributed by atoms with Crippen molar-refractivity contribution in [2.75, 3.05) is 5.73 Å². The summed E-state index contributed by atoms with van der Waals surface area (Å²) in [6, 6.07) is -0.107. The van der Waals surface area contributed by atoms with Crippen LogP contribution in [0.1, 0.15) is 32.4 Å². The fraction of sp³-hybridized carbons (Fsp3) is 0.700. The first-order chi connectivity index (χ1) is 7.79. The molecule has 0 saturated heterocycles. The summed E-state index contributed by atoms with van der Waals surface area (Å²) in [6.07, 6.45) is 1.71. The third-order valence-electron chi connectivity index (χ3n) is 2.65. The molecule has 1 aromatic rings. The van der Waals surface area contributed by atoms with Crippen LogP contribution >= 0.6 is 0 Å². The summed E-state index contributed by atoms with van der Waals surface area (Å²) in [5.74, 6) is 0.0428. The standard InChI is InChI=1S/C10H20N4O2S/c1-5-6-7(2)13-17(15,16)9-8(3)14(4)12-10(9)11/h7,13H,5-6H2,1-4H3,(H2,11,12). The molecule has 1 aromatic heterocycles. The van der Waals surface area contributed by atoms with E-state index in [1.54, 1.807) is 14.0 Å². The SMILES string of the molecule is CCCC(C)NS(=O)(=O)c1c(N)nn(C)c1C. The van der Waals surface area contributed by atoms with E-state index < -0.39 is 10.0 Å². The average molecular weight is 260 g/mol. The number of sulfonamides is 1. The van der Waals surface area contributed by atoms with Gasteiger partial charge >= 0.3 is 0 Å². The smallest absolute Gasteiger partial charge is 0.246 e. The second kappa shape index (κ2) is 5.05. The maximum Gasteiger partial charge on any atom is 0.246 e. The van der Waals surface area contributed by atoms with Crippen LogP contribution in [0.3, 0.4) is 0 Å². The molecule has 0 saturated carbocycles. The number of nitrogens with one attached hydrogen (secondary N) is 1. The molecule has 3 N–H and O–H groups in total. The van der Waals surface area contributed by atoms with Gasteiger partial charge in [0.05, 0.1) is 5.69 Å². The van der Waals surface area contributed by atoms with Crippen LogP contribution in [0.25, 0.3) is 0 Å². The lowest BCUT2D eigenvalue weighted by Crippen LogP contribution is -2.33. The predicted molar refractivity (Wildman–Crippen MR) is 67.0 cm³/mol. The van der Waals surface area contributed by atoms with E-state index in [1.165, 1.54) is 4.68 Å². The second-order valence-corrected chi connectivity index (χ2v) is 5.89. The first kappa shape index (κ1) is 14.0. The van der Waals surface area contributed by atoms with Crippen LogP contribution in [0.2, 0.25) is 0 Å². The van der Waals surface area contributed by atoms with Crippen molar-refractivity contribution in [3.8, 4) is 0 Å². The molecule has 17 heavy (non-hydrogen) atoms. The monoisotopic (exact) mass is 260 g/mol. The van der Waals surface area contributed by atoms with Crippen LogP contribution in [0.15, 0.2) is 4.90 Å². The molecule has 1 atom stereocenters. The summed E-state index contributed by atoms with van der Waals surface area (Å²) >= 11 is 0. The van der Waals surface area contributed by atoms with Gasteiger partial charge in [-0.15, -0.1) is 0 Å². The first-order valence-corrected chi connectivity index (χ1v) is 7.09. The number of hydrogen-bond donors (Lipinski definition) is 2. The van der Waals surface area contributed by atoms with Gasteiger partial charge in [-0.3, -0.25) is 4.68 Å². The van der Waals surface area contributed by atoms with E-state index in [-0.39, 0.29) is 16.8 Å². The van der Waals surface area contributed by atoms with Crippen molar-refractivity contribution in [1.29, 1.82) is 0 Å². The molecule has 0 aliphatic rings. The number of nitrogens with zero attached hydrogens (tertiary/aromatic N) is 2. The van der Waals surface area contributed by atoms with Gasteiger partial charge in [0.2, 0.25) is 10.0 Å². The number of anilines is 1. The van der Waals surface area contributed by atoms with Crippen molar-refractivity contribution >= 4 is 15.8 Å². The molecule has 0 bridgehead atoms. The average Bonchev–Trinajstić information content (AvgIpc) is 2.40. The Morgan fingerprint density at radius 1 is 1.53 bits per heavy atom. The Balaban J connectivity index is 3.05. The molecule has 0 spiro atoms. The number of rotatable bonds is 5. The lowest BCUT2D eigenvalue weighted by molar-refractivity contribution is 0.543. The van der Waals surface area contributed by atoms with Crippen molar-refractivity contribution < 1.29 is 8.42 Å². The molecule has 6 nitrogen and oxygen atoms in total. The minimum absolute atomic E-state index is 0.0428. The van der Waals surface area contributed by atoms with E-state index in [0.717, 1.165) is 12.8 Å². The largest absolute Gasteiger partial charge is 0.381 e. The normalized spacial score (nSPS) is 13.9. The highest BCUT2D eigenvalue weighted by atomic mass is 32.2. The van der Waals surface area contributed by atoms with Crippen molar-refractivity contribution in [3.05, 3.63) is 5.69 Å². The van der Waals surface area contributed by atoms with Gasteiger partial charge in [-0.25, -0.2) is 13.1 Å². The zero-order chi connectivity index (χ0) is 13.2. The van der Waals surface area contributed by atoms with Crippen LogP contribution in [-0.2, 0) is 17.1 Å². The topological polar surface area (TPSA) is 90.0 Å². The number of hydrogen-bond acceptors (Lipinski definition) is 4. The highest BCUT2D eigenvalue weighted by molar-refractivity contribution is 7.89. The van der Waals surface area contributed by atoms with Crippen molar-refractivity contribution in [3.63, 3.8) is 0 Å². The molecule has 0 amide bonds. The Hall–Kier alpha value is -1.08. The Morgan fingerprint density at radius 2 is 2.12 bits per heavy atom. The molecule has 1 unspecified atom stereocenters. The lowest BCUT2D eigenvalue weighted by Gasteiger charge is -2.13. The number of aromatic nitrogens is 2. The van der Waals surface area contributed by atoms with Crippen LogP contribution in [0, 0.1) is 6.92 Å². The highest BCUT2D eigenvalue weighted by Gasteiger charge is 2.25. The van der Waals surface area contributed by atoms with Crippen molar-refractivity contribution in [2.45, 2.75) is 44.6 Å². The maximum atomic E-state index is 12.1. The van der Waals surface area contributed by atoms with E-state index in [2.05, 4.69) is 9.82 Å². The lowest BCUT2D eigenvalue weighted by atomic mass is 10.2. The van der Waals surface area contributed by atoms with Gasteiger partial charge in [0.1, 0.15) is 4.90 Å². The molecule has 0 radical (unpaired) electrons. The molecule has 0 aromatic carbocycles. The van der Waals surface area contributed by atoms with E-state index in [0.29, 0.717) is 5.69 Å². The van der Waals surface area contributed by atoms with Gasteiger partial charge in [0.15, 0.2) is 5.82 Å². The summed E-state index contributed by atoms with van der Waals surface area (Å²) in [6.45, 7) is 5.53. The van der Waals surface area contributed by atoms with E-state index in [4.69, 9.17) is 5.73 Å². The summed E-state index contributed by atoms with van der Waals surface area (Å²) < 4.78 is 28.3. The Labute approximate surface area is 102 Å². The zero-order valence-corrected chi connectivity index (χ0v) is 11.5. The summed E-state index contributed by atoms with van der Waals surface area (Å²) in [5.41, 5.74) is 6.17. The summed E-state index contributed by atoms with van der Waals surface area (Å²) in [5, 5.41) is 3.91. The highest BCUT2D eigenvalue weighted by Crippen LogP contribution is 2.21. The summed E-state index contributed by atoms with van der Waals surface area (Å²) in [4.78, 5) is 0.0861. The van der Waals surface area contributed by atoms with Crippen LogP contribution in [0.5, 0.6) is 0 Å². The fourth-order valence-corrected chi connectivity index (χ4v) is 3.36. The molecule has 0 fully saturated rings. The van der Waals surface area contributed by atoms with Crippen molar-refractivity contribution in [1.82, 2.24) is 14.5 Å². The third-order valence-corrected chi connectivity index (χ3v) is 4.41. The van der Waals surface area contributed by atoms with Gasteiger partial charge in [-0.2, -0.15) is 5.10 Å². The molecule has 0 aliphatic carbocycles. The van der Waals surface area contributed by atoms with E-state index >= 15 is 0 Å². The van der Waals surface area contributed by atoms with E-state index in [9.17, 15) is 8.42 Å². The zero-order valence-electron chi connectivity index (χ0n) is 10.7. The molecule has 1 rings (SSSR count). The minimum Gasteiger partial charge on any atom is -0.381 e. The molecular weight excluding hydrogens is 240 g/mol. The Morgan fingerprint density at radius 3 is 2.53 bits per heavy atom. The quantitative estimate of drug-likeness (QED) is 0.818. The first-order valence-electron chi connectivity index (χ1n) is 5.61. The van der Waals surface area contributed by atoms with Crippen LogP contribution in [-0.4, -0.2) is 24.2 Å². The molecule has 0 aliphatic heterocycles. The predicted octanol–water partition coefficient (Wildman–Crippen LogP) is 0.778. The molecule has 7 heteroatoms. The Kier molecular flexibility index (Phi) is 4.16. The number of nitrogens with two attached hydrogens (primary N) is 1. The van der Waals surface area contributed by atoms with Crippen molar-refractivity contribution in [2.24, 2.45) is 7.05 Å². The van der Waals surface area contributed by atoms with Gasteiger partial charge in [0.25, 0.3) is 0 Å². The van der Waals surface area contributed by atoms with E-state index in [1.807, 2.05) is 13.8 Å². The number of aryl methyl sites for hydroxylation is 1. The fourth-order valence-electron chi connectivity index (χ4n) is 1.76. The third kappa shape index (κ3) is 2.98. The Bertz CT molecular complexity index is 493. The van der Waals surface area contributed by atoms with Gasteiger partial charge in [-0.1, -0.05) is 13.3 Å². The van der Waals surface area contributed by atoms with Gasteiger partial charge < -0.3 is 5.73 Å². The summed E-state index contributed by atoms with van der Waals surface area (Å²) in [7, 11) is -1.91. The maximum absolute atomic E-state index is 12.1. The van der Waals surface area contributed by atoms with Crippen LogP contribution < -0.4 is 10.5 Å². The number of nitrogen functional groups attached to an aromatic ring is 1. The molecular formula is C10H20N4O2S. The van der Waals surface area contributed by atoms with Gasteiger partial charge in [0, 0.05) is 13.1 Å². The molecule has 98 valence electrons.